The zero-order valence-electron chi connectivity index (χ0n) is 9.53. The molecular formula is C13H19FN2. The molecule has 0 saturated carbocycles. The number of halogens is 1. The number of benzene rings is 1. The van der Waals surface area contributed by atoms with Gasteiger partial charge >= 0.3 is 0 Å². The number of para-hydroxylation sites is 1. The fraction of sp³-hybridized carbons (Fsp3) is 0.538. The van der Waals surface area contributed by atoms with Crippen LogP contribution in [0.3, 0.4) is 0 Å². The van der Waals surface area contributed by atoms with Crippen LogP contribution in [0.5, 0.6) is 0 Å². The van der Waals surface area contributed by atoms with E-state index in [1.807, 2.05) is 6.07 Å². The third-order valence-corrected chi connectivity index (χ3v) is 3.23. The van der Waals surface area contributed by atoms with E-state index in [4.69, 9.17) is 5.73 Å². The van der Waals surface area contributed by atoms with Crippen molar-refractivity contribution in [1.82, 2.24) is 0 Å². The van der Waals surface area contributed by atoms with Gasteiger partial charge in [-0.05, 0) is 31.0 Å². The second-order valence-corrected chi connectivity index (χ2v) is 4.32. The monoisotopic (exact) mass is 222 g/mol. The lowest BCUT2D eigenvalue weighted by molar-refractivity contribution is 0.470. The standard InChI is InChI=1S/C13H19FN2/c14-7-3-9-16-10-11(6-8-15)12-4-1-2-5-13(12)16/h1-2,4-5,11H,3,6-10,15H2. The lowest BCUT2D eigenvalue weighted by Gasteiger charge is -2.18. The zero-order chi connectivity index (χ0) is 11.4. The van der Waals surface area contributed by atoms with Crippen LogP contribution in [0.1, 0.15) is 24.3 Å². The van der Waals surface area contributed by atoms with Gasteiger partial charge in [0, 0.05) is 24.7 Å². The molecule has 2 rings (SSSR count). The SMILES string of the molecule is NCCC1CN(CCCF)c2ccccc21. The number of nitrogens with zero attached hydrogens (tertiary/aromatic N) is 1. The van der Waals surface area contributed by atoms with Crippen molar-refractivity contribution in [3.63, 3.8) is 0 Å². The van der Waals surface area contributed by atoms with Crippen LogP contribution in [0.4, 0.5) is 10.1 Å². The van der Waals surface area contributed by atoms with Crippen molar-refractivity contribution in [3.05, 3.63) is 29.8 Å². The lowest BCUT2D eigenvalue weighted by Crippen LogP contribution is -2.24. The van der Waals surface area contributed by atoms with E-state index < -0.39 is 0 Å². The van der Waals surface area contributed by atoms with Crippen LogP contribution in [0.15, 0.2) is 24.3 Å². The van der Waals surface area contributed by atoms with Crippen LogP contribution in [-0.4, -0.2) is 26.3 Å². The summed E-state index contributed by atoms with van der Waals surface area (Å²) < 4.78 is 12.2. The van der Waals surface area contributed by atoms with Gasteiger partial charge in [0.1, 0.15) is 0 Å². The molecule has 1 aliphatic rings. The Morgan fingerprint density at radius 1 is 1.38 bits per heavy atom. The number of nitrogens with two attached hydrogens (primary N) is 1. The summed E-state index contributed by atoms with van der Waals surface area (Å²) >= 11 is 0. The third kappa shape index (κ3) is 2.19. The number of hydrogen-bond donors (Lipinski definition) is 1. The van der Waals surface area contributed by atoms with E-state index in [-0.39, 0.29) is 6.67 Å². The van der Waals surface area contributed by atoms with Gasteiger partial charge in [-0.3, -0.25) is 4.39 Å². The molecule has 0 fully saturated rings. The molecule has 0 spiro atoms. The number of alkyl halides is 1. The molecule has 3 heteroatoms. The minimum Gasteiger partial charge on any atom is -0.371 e. The van der Waals surface area contributed by atoms with Crippen LogP contribution in [-0.2, 0) is 0 Å². The molecular weight excluding hydrogens is 203 g/mol. The van der Waals surface area contributed by atoms with E-state index in [0.717, 1.165) is 26.1 Å². The van der Waals surface area contributed by atoms with Crippen molar-refractivity contribution >= 4 is 5.69 Å². The second kappa shape index (κ2) is 5.30. The van der Waals surface area contributed by atoms with Gasteiger partial charge < -0.3 is 10.6 Å². The quantitative estimate of drug-likeness (QED) is 0.828. The van der Waals surface area contributed by atoms with Gasteiger partial charge in [0.05, 0.1) is 6.67 Å². The molecule has 1 heterocycles. The van der Waals surface area contributed by atoms with Crippen LogP contribution in [0.2, 0.25) is 0 Å². The molecule has 1 aromatic rings. The second-order valence-electron chi connectivity index (χ2n) is 4.32. The summed E-state index contributed by atoms with van der Waals surface area (Å²) in [5, 5.41) is 0. The minimum atomic E-state index is -0.236. The van der Waals surface area contributed by atoms with Gasteiger partial charge in [0.25, 0.3) is 0 Å². The molecule has 2 nitrogen and oxygen atoms in total. The molecule has 1 unspecified atom stereocenters. The van der Waals surface area contributed by atoms with Crippen molar-refractivity contribution in [2.24, 2.45) is 5.73 Å². The molecule has 0 aliphatic carbocycles. The molecule has 0 aromatic heterocycles. The van der Waals surface area contributed by atoms with Crippen LogP contribution >= 0.6 is 0 Å². The number of hydrogen-bond acceptors (Lipinski definition) is 2. The average molecular weight is 222 g/mol. The molecule has 1 atom stereocenters. The molecule has 0 saturated heterocycles. The van der Waals surface area contributed by atoms with E-state index >= 15 is 0 Å². The molecule has 0 amide bonds. The Kier molecular flexibility index (Phi) is 3.78. The highest BCUT2D eigenvalue weighted by Crippen LogP contribution is 2.37. The van der Waals surface area contributed by atoms with E-state index in [2.05, 4.69) is 23.1 Å². The van der Waals surface area contributed by atoms with Crippen molar-refractivity contribution < 1.29 is 4.39 Å². The Balaban J connectivity index is 2.14. The van der Waals surface area contributed by atoms with E-state index in [9.17, 15) is 4.39 Å². The number of anilines is 1. The predicted molar refractivity (Wildman–Crippen MR) is 65.7 cm³/mol. The lowest BCUT2D eigenvalue weighted by atomic mass is 9.98. The highest BCUT2D eigenvalue weighted by molar-refractivity contribution is 5.60. The Hall–Kier alpha value is -1.09. The summed E-state index contributed by atoms with van der Waals surface area (Å²) in [5.41, 5.74) is 8.29. The zero-order valence-corrected chi connectivity index (χ0v) is 9.53. The summed E-state index contributed by atoms with van der Waals surface area (Å²) in [6.45, 7) is 2.29. The van der Waals surface area contributed by atoms with Gasteiger partial charge in [0.15, 0.2) is 0 Å². The molecule has 2 N–H and O–H groups in total. The third-order valence-electron chi connectivity index (χ3n) is 3.23. The molecule has 1 aliphatic heterocycles. The Morgan fingerprint density at radius 3 is 2.94 bits per heavy atom. The Bertz CT molecular complexity index is 340. The Labute approximate surface area is 96.2 Å². The number of rotatable bonds is 5. The smallest absolute Gasteiger partial charge is 0.0911 e. The van der Waals surface area contributed by atoms with E-state index in [1.54, 1.807) is 0 Å². The predicted octanol–water partition coefficient (Wildman–Crippen LogP) is 2.30. The summed E-state index contributed by atoms with van der Waals surface area (Å²) in [7, 11) is 0. The molecule has 0 bridgehead atoms. The first-order valence-corrected chi connectivity index (χ1v) is 5.96. The van der Waals surface area contributed by atoms with Crippen molar-refractivity contribution in [1.29, 1.82) is 0 Å². The van der Waals surface area contributed by atoms with Crippen molar-refractivity contribution in [2.75, 3.05) is 31.2 Å². The number of fused-ring (bicyclic) bond motifs is 1. The molecule has 0 radical (unpaired) electrons. The fourth-order valence-electron chi connectivity index (χ4n) is 2.49. The first-order valence-electron chi connectivity index (χ1n) is 5.96. The van der Waals surface area contributed by atoms with Crippen molar-refractivity contribution in [2.45, 2.75) is 18.8 Å². The van der Waals surface area contributed by atoms with Crippen LogP contribution in [0.25, 0.3) is 0 Å². The van der Waals surface area contributed by atoms with Crippen molar-refractivity contribution in [3.8, 4) is 0 Å². The maximum Gasteiger partial charge on any atom is 0.0911 e. The van der Waals surface area contributed by atoms with Crippen LogP contribution in [0, 0.1) is 0 Å². The van der Waals surface area contributed by atoms with Gasteiger partial charge in [-0.25, -0.2) is 0 Å². The average Bonchev–Trinajstić information content (AvgIpc) is 2.66. The van der Waals surface area contributed by atoms with Gasteiger partial charge in [-0.1, -0.05) is 18.2 Å². The van der Waals surface area contributed by atoms with E-state index in [1.165, 1.54) is 11.3 Å². The highest BCUT2D eigenvalue weighted by Gasteiger charge is 2.26. The molecule has 16 heavy (non-hydrogen) atoms. The summed E-state index contributed by atoms with van der Waals surface area (Å²) in [6, 6.07) is 8.42. The molecule has 88 valence electrons. The highest BCUT2D eigenvalue weighted by atomic mass is 19.1. The Morgan fingerprint density at radius 2 is 2.19 bits per heavy atom. The van der Waals surface area contributed by atoms with E-state index in [0.29, 0.717) is 12.3 Å². The first kappa shape index (κ1) is 11.4. The largest absolute Gasteiger partial charge is 0.371 e. The summed E-state index contributed by atoms with van der Waals surface area (Å²) in [6.07, 6.45) is 1.63. The topological polar surface area (TPSA) is 29.3 Å². The van der Waals surface area contributed by atoms with Gasteiger partial charge in [0.2, 0.25) is 0 Å². The minimum absolute atomic E-state index is 0.236. The normalized spacial score (nSPS) is 18.9. The van der Waals surface area contributed by atoms with Gasteiger partial charge in [-0.15, -0.1) is 0 Å². The fourth-order valence-corrected chi connectivity index (χ4v) is 2.49. The maximum absolute atomic E-state index is 12.2. The van der Waals surface area contributed by atoms with Gasteiger partial charge in [-0.2, -0.15) is 0 Å². The molecule has 1 aromatic carbocycles. The first-order chi connectivity index (χ1) is 7.86. The van der Waals surface area contributed by atoms with Crippen LogP contribution < -0.4 is 10.6 Å². The summed E-state index contributed by atoms with van der Waals surface area (Å²) in [4.78, 5) is 2.29. The summed E-state index contributed by atoms with van der Waals surface area (Å²) in [5.74, 6) is 0.529. The maximum atomic E-state index is 12.2.